The van der Waals surface area contributed by atoms with Gasteiger partial charge >= 0.3 is 0 Å². The lowest BCUT2D eigenvalue weighted by Gasteiger charge is -2.17. The van der Waals surface area contributed by atoms with Crippen LogP contribution in [0.5, 0.6) is 0 Å². The van der Waals surface area contributed by atoms with Crippen molar-refractivity contribution in [3.63, 3.8) is 0 Å². The smallest absolute Gasteiger partial charge is 0.251 e. The SMILES string of the molecule is CCCCNC(=O)c1ccc(NCCCCCCNc2ccc(C(=O)NCCCN(CC)CC)cc2)cc1. The van der Waals surface area contributed by atoms with Gasteiger partial charge in [0.2, 0.25) is 0 Å². The molecule has 0 heterocycles. The summed E-state index contributed by atoms with van der Waals surface area (Å²) < 4.78 is 0. The lowest BCUT2D eigenvalue weighted by molar-refractivity contribution is 0.0944. The monoisotopic (exact) mass is 523 g/mol. The van der Waals surface area contributed by atoms with E-state index in [0.717, 1.165) is 82.7 Å². The Bertz CT molecular complexity index is 911. The van der Waals surface area contributed by atoms with Crippen molar-refractivity contribution in [1.82, 2.24) is 15.5 Å². The minimum atomic E-state index is -0.00597. The zero-order valence-corrected chi connectivity index (χ0v) is 23.8. The van der Waals surface area contributed by atoms with Crippen LogP contribution in [-0.2, 0) is 0 Å². The van der Waals surface area contributed by atoms with Gasteiger partial charge in [-0.15, -0.1) is 0 Å². The molecule has 2 aromatic carbocycles. The molecule has 0 unspecified atom stereocenters. The van der Waals surface area contributed by atoms with E-state index in [2.05, 4.69) is 46.9 Å². The highest BCUT2D eigenvalue weighted by Gasteiger charge is 2.06. The third-order valence-corrected chi connectivity index (χ3v) is 6.70. The minimum absolute atomic E-state index is 0.00284. The van der Waals surface area contributed by atoms with Gasteiger partial charge < -0.3 is 26.2 Å². The van der Waals surface area contributed by atoms with Gasteiger partial charge in [-0.1, -0.05) is 40.0 Å². The molecule has 0 bridgehead atoms. The quantitative estimate of drug-likeness (QED) is 0.166. The van der Waals surface area contributed by atoms with Crippen LogP contribution < -0.4 is 21.3 Å². The van der Waals surface area contributed by atoms with E-state index in [1.807, 2.05) is 48.5 Å². The normalized spacial score (nSPS) is 10.8. The van der Waals surface area contributed by atoms with Crippen molar-refractivity contribution in [1.29, 1.82) is 0 Å². The van der Waals surface area contributed by atoms with Gasteiger partial charge in [0.1, 0.15) is 0 Å². The van der Waals surface area contributed by atoms with E-state index < -0.39 is 0 Å². The minimum Gasteiger partial charge on any atom is -0.385 e. The number of benzene rings is 2. The molecule has 0 spiro atoms. The topological polar surface area (TPSA) is 85.5 Å². The molecule has 7 nitrogen and oxygen atoms in total. The highest BCUT2D eigenvalue weighted by molar-refractivity contribution is 5.95. The Kier molecular flexibility index (Phi) is 15.6. The molecular weight excluding hydrogens is 474 g/mol. The molecule has 0 saturated carbocycles. The Morgan fingerprint density at radius 1 is 0.579 bits per heavy atom. The molecule has 7 heteroatoms. The first-order valence-electron chi connectivity index (χ1n) is 14.5. The van der Waals surface area contributed by atoms with Gasteiger partial charge in [0.25, 0.3) is 11.8 Å². The maximum atomic E-state index is 12.3. The van der Waals surface area contributed by atoms with E-state index in [1.54, 1.807) is 0 Å². The molecule has 0 saturated heterocycles. The number of nitrogens with zero attached hydrogens (tertiary/aromatic N) is 1. The van der Waals surface area contributed by atoms with Gasteiger partial charge in [-0.25, -0.2) is 0 Å². The molecule has 4 N–H and O–H groups in total. The molecule has 2 amide bonds. The summed E-state index contributed by atoms with van der Waals surface area (Å²) in [5.41, 5.74) is 3.51. The zero-order chi connectivity index (χ0) is 27.4. The summed E-state index contributed by atoms with van der Waals surface area (Å²) in [6.45, 7) is 12.8. The molecule has 210 valence electrons. The molecule has 0 aromatic heterocycles. The van der Waals surface area contributed by atoms with Crippen LogP contribution >= 0.6 is 0 Å². The van der Waals surface area contributed by atoms with Crippen molar-refractivity contribution in [2.45, 2.75) is 65.7 Å². The molecule has 0 aliphatic carbocycles. The lowest BCUT2D eigenvalue weighted by atomic mass is 10.1. The summed E-state index contributed by atoms with van der Waals surface area (Å²) in [5.74, 6) is -0.00881. The van der Waals surface area contributed by atoms with E-state index >= 15 is 0 Å². The van der Waals surface area contributed by atoms with E-state index in [9.17, 15) is 9.59 Å². The zero-order valence-electron chi connectivity index (χ0n) is 23.8. The summed E-state index contributed by atoms with van der Waals surface area (Å²) in [5, 5.41) is 12.9. The summed E-state index contributed by atoms with van der Waals surface area (Å²) in [6.07, 6.45) is 7.60. The molecule has 2 aromatic rings. The Morgan fingerprint density at radius 2 is 1.03 bits per heavy atom. The average Bonchev–Trinajstić information content (AvgIpc) is 2.95. The number of amides is 2. The molecule has 0 aliphatic heterocycles. The predicted octanol–water partition coefficient (Wildman–Crippen LogP) is 5.76. The molecule has 0 fully saturated rings. The molecule has 2 rings (SSSR count). The second-order valence-electron chi connectivity index (χ2n) is 9.67. The standard InChI is InChI=1S/C31H49N5O2/c1-4-7-21-34-30(37)26-13-17-28(18-14-26)32-22-10-8-9-11-23-33-29-19-15-27(16-20-29)31(38)35-24-12-25-36(5-2)6-3/h13-20,32-33H,4-12,21-25H2,1-3H3,(H,34,37)(H,35,38). The Labute approximate surface area is 230 Å². The second kappa shape index (κ2) is 19.1. The van der Waals surface area contributed by atoms with Gasteiger partial charge in [0.05, 0.1) is 0 Å². The number of hydrogen-bond acceptors (Lipinski definition) is 5. The van der Waals surface area contributed by atoms with Gasteiger partial charge in [-0.3, -0.25) is 9.59 Å². The van der Waals surface area contributed by atoms with Gasteiger partial charge in [-0.2, -0.15) is 0 Å². The maximum absolute atomic E-state index is 12.3. The van der Waals surface area contributed by atoms with Crippen molar-refractivity contribution >= 4 is 23.2 Å². The number of rotatable bonds is 20. The van der Waals surface area contributed by atoms with Crippen LogP contribution in [0.2, 0.25) is 0 Å². The fourth-order valence-electron chi connectivity index (χ4n) is 4.18. The molecule has 0 radical (unpaired) electrons. The fraction of sp³-hybridized carbons (Fsp3) is 0.548. The van der Waals surface area contributed by atoms with Gasteiger partial charge in [-0.05, 0) is 93.8 Å². The van der Waals surface area contributed by atoms with Crippen LogP contribution in [0.1, 0.15) is 86.4 Å². The largest absolute Gasteiger partial charge is 0.385 e. The highest BCUT2D eigenvalue weighted by atomic mass is 16.2. The predicted molar refractivity (Wildman–Crippen MR) is 160 cm³/mol. The first kappa shape index (κ1) is 31.2. The van der Waals surface area contributed by atoms with E-state index in [4.69, 9.17) is 0 Å². The summed E-state index contributed by atoms with van der Waals surface area (Å²) in [6, 6.07) is 15.4. The number of nitrogens with one attached hydrogen (secondary N) is 4. The van der Waals surface area contributed by atoms with E-state index in [-0.39, 0.29) is 11.8 Å². The molecule has 38 heavy (non-hydrogen) atoms. The molecular formula is C31H49N5O2. The number of anilines is 2. The number of hydrogen-bond donors (Lipinski definition) is 4. The Morgan fingerprint density at radius 3 is 1.45 bits per heavy atom. The van der Waals surface area contributed by atoms with E-state index in [0.29, 0.717) is 17.7 Å². The Hall–Kier alpha value is -3.06. The first-order chi connectivity index (χ1) is 18.6. The Balaban J connectivity index is 1.52. The van der Waals surface area contributed by atoms with Crippen LogP contribution in [0.4, 0.5) is 11.4 Å². The second-order valence-corrected chi connectivity index (χ2v) is 9.67. The third-order valence-electron chi connectivity index (χ3n) is 6.70. The van der Waals surface area contributed by atoms with Crippen molar-refractivity contribution < 1.29 is 9.59 Å². The third kappa shape index (κ3) is 12.5. The van der Waals surface area contributed by atoms with Crippen molar-refractivity contribution in [2.75, 3.05) is 56.4 Å². The summed E-state index contributed by atoms with van der Waals surface area (Å²) in [4.78, 5) is 26.8. The first-order valence-corrected chi connectivity index (χ1v) is 14.5. The van der Waals surface area contributed by atoms with Crippen LogP contribution in [0.25, 0.3) is 0 Å². The van der Waals surface area contributed by atoms with Crippen LogP contribution in [0.3, 0.4) is 0 Å². The van der Waals surface area contributed by atoms with E-state index in [1.165, 1.54) is 12.8 Å². The van der Waals surface area contributed by atoms with Crippen LogP contribution in [0.15, 0.2) is 48.5 Å². The van der Waals surface area contributed by atoms with Crippen LogP contribution in [0, 0.1) is 0 Å². The highest BCUT2D eigenvalue weighted by Crippen LogP contribution is 2.12. The van der Waals surface area contributed by atoms with Gasteiger partial charge in [0.15, 0.2) is 0 Å². The lowest BCUT2D eigenvalue weighted by Crippen LogP contribution is -2.29. The maximum Gasteiger partial charge on any atom is 0.251 e. The average molecular weight is 524 g/mol. The van der Waals surface area contributed by atoms with Crippen molar-refractivity contribution in [3.8, 4) is 0 Å². The summed E-state index contributed by atoms with van der Waals surface area (Å²) in [7, 11) is 0. The fourth-order valence-corrected chi connectivity index (χ4v) is 4.18. The molecule has 0 atom stereocenters. The summed E-state index contributed by atoms with van der Waals surface area (Å²) >= 11 is 0. The number of unbranched alkanes of at least 4 members (excludes halogenated alkanes) is 4. The molecule has 0 aliphatic rings. The van der Waals surface area contributed by atoms with Crippen molar-refractivity contribution in [2.24, 2.45) is 0 Å². The number of carbonyl (C=O) groups excluding carboxylic acids is 2. The van der Waals surface area contributed by atoms with Crippen LogP contribution in [-0.4, -0.2) is 62.5 Å². The number of carbonyl (C=O) groups is 2. The van der Waals surface area contributed by atoms with Crippen molar-refractivity contribution in [3.05, 3.63) is 59.7 Å². The van der Waals surface area contributed by atoms with Gasteiger partial charge in [0, 0.05) is 48.7 Å².